The summed E-state index contributed by atoms with van der Waals surface area (Å²) in [6.45, 7) is 11.2. The topological polar surface area (TPSA) is 55.9 Å². The molecule has 2 aromatic rings. The molecule has 2 aromatic carbocycles. The number of amides is 3. The van der Waals surface area contributed by atoms with Gasteiger partial charge in [0.2, 0.25) is 5.91 Å². The van der Waals surface area contributed by atoms with Crippen molar-refractivity contribution in [1.29, 1.82) is 0 Å². The molecule has 4 rings (SSSR count). The van der Waals surface area contributed by atoms with Crippen molar-refractivity contribution < 1.29 is 9.59 Å². The number of hydrogen-bond donors (Lipinski definition) is 1. The van der Waals surface area contributed by atoms with E-state index in [2.05, 4.69) is 47.1 Å². The number of nitrogens with zero attached hydrogens (tertiary/aromatic N) is 3. The molecule has 0 saturated carbocycles. The van der Waals surface area contributed by atoms with E-state index >= 15 is 0 Å². The van der Waals surface area contributed by atoms with E-state index in [1.54, 1.807) is 37.2 Å². The van der Waals surface area contributed by atoms with Crippen molar-refractivity contribution in [2.75, 3.05) is 52.6 Å². The second kappa shape index (κ2) is 13.2. The van der Waals surface area contributed by atoms with Gasteiger partial charge in [0.05, 0.1) is 5.41 Å². The fraction of sp³-hybridized carbons (Fsp3) is 0.500. The van der Waals surface area contributed by atoms with E-state index in [1.807, 2.05) is 23.6 Å². The minimum absolute atomic E-state index is 0.0687. The van der Waals surface area contributed by atoms with E-state index in [1.165, 1.54) is 11.1 Å². The molecule has 1 N–H and O–H groups in total. The lowest BCUT2D eigenvalue weighted by Crippen LogP contribution is -2.50. The number of urea groups is 1. The largest absolute Gasteiger partial charge is 0.358 e. The van der Waals surface area contributed by atoms with Gasteiger partial charge < -0.3 is 15.1 Å². The molecule has 9 heteroatoms. The average Bonchev–Trinajstić information content (AvgIpc) is 3.38. The maximum atomic E-state index is 12.7. The van der Waals surface area contributed by atoms with E-state index in [4.69, 9.17) is 23.2 Å². The van der Waals surface area contributed by atoms with Gasteiger partial charge in [0.25, 0.3) is 0 Å². The second-order valence-electron chi connectivity index (χ2n) is 10.0. The maximum absolute atomic E-state index is 12.7. The molecule has 2 saturated heterocycles. The summed E-state index contributed by atoms with van der Waals surface area (Å²) in [4.78, 5) is 28.4. The molecule has 0 radical (unpaired) electrons. The summed E-state index contributed by atoms with van der Waals surface area (Å²) in [6, 6.07) is 14.0. The van der Waals surface area contributed by atoms with Crippen LogP contribution in [0.15, 0.2) is 42.5 Å². The number of nitrogens with one attached hydrogen (secondary N) is 1. The monoisotopic (exact) mass is 564 g/mol. The fourth-order valence-corrected chi connectivity index (χ4v) is 5.91. The van der Waals surface area contributed by atoms with Crippen LogP contribution in [0.4, 0.5) is 4.79 Å². The molecule has 6 nitrogen and oxygen atoms in total. The maximum Gasteiger partial charge on any atom is 0.320 e. The summed E-state index contributed by atoms with van der Waals surface area (Å²) in [5.41, 5.74) is 2.92. The third-order valence-electron chi connectivity index (χ3n) is 7.23. The van der Waals surface area contributed by atoms with Crippen molar-refractivity contribution in [3.63, 3.8) is 0 Å². The van der Waals surface area contributed by atoms with E-state index in [0.717, 1.165) is 51.3 Å². The molecule has 37 heavy (non-hydrogen) atoms. The quantitative estimate of drug-likeness (QED) is 0.475. The average molecular weight is 566 g/mol. The first-order chi connectivity index (χ1) is 17.6. The van der Waals surface area contributed by atoms with Gasteiger partial charge in [-0.2, -0.15) is 0 Å². The molecule has 2 fully saturated rings. The van der Waals surface area contributed by atoms with Crippen LogP contribution < -0.4 is 5.32 Å². The van der Waals surface area contributed by atoms with Crippen LogP contribution in [-0.2, 0) is 10.2 Å². The molecule has 1 unspecified atom stereocenters. The molecular formula is C28H38Cl2N4O2S. The van der Waals surface area contributed by atoms with Crippen LogP contribution in [0.1, 0.15) is 42.9 Å². The van der Waals surface area contributed by atoms with Crippen LogP contribution in [0.25, 0.3) is 0 Å². The lowest BCUT2D eigenvalue weighted by molar-refractivity contribution is -0.125. The molecule has 2 aliphatic rings. The number of hydrogen-bond acceptors (Lipinski definition) is 4. The summed E-state index contributed by atoms with van der Waals surface area (Å²) in [5, 5.41) is 3.69. The molecule has 1 atom stereocenters. The number of benzene rings is 2. The van der Waals surface area contributed by atoms with Crippen molar-refractivity contribution >= 4 is 47.1 Å². The van der Waals surface area contributed by atoms with E-state index in [-0.39, 0.29) is 11.9 Å². The van der Waals surface area contributed by atoms with Gasteiger partial charge in [-0.1, -0.05) is 59.4 Å². The van der Waals surface area contributed by atoms with E-state index in [9.17, 15) is 9.59 Å². The molecule has 3 amide bonds. The van der Waals surface area contributed by atoms with Crippen molar-refractivity contribution in [1.82, 2.24) is 19.4 Å². The Morgan fingerprint density at radius 1 is 0.973 bits per heavy atom. The van der Waals surface area contributed by atoms with E-state index in [0.29, 0.717) is 16.0 Å². The predicted molar refractivity (Wildman–Crippen MR) is 156 cm³/mol. The lowest BCUT2D eigenvalue weighted by Gasteiger charge is -2.35. The standard InChI is InChI=1S/C17H25N3OS.C11H13Cl2NO/c1-14-5-3-4-6-16(14)15-7-8-19(13-15)17(21)18-9-11-20(22-2)12-10-18;1-11(2,10(15)14-3)7-4-8(12)6-9(13)5-7/h3-6,15H,7-13H2,1-2H3;4-6H,1-3H3,(H,14,15). The van der Waals surface area contributed by atoms with Crippen LogP contribution in [0, 0.1) is 6.92 Å². The Balaban J connectivity index is 0.000000222. The summed E-state index contributed by atoms with van der Waals surface area (Å²) < 4.78 is 2.32. The molecule has 0 bridgehead atoms. The van der Waals surface area contributed by atoms with Crippen LogP contribution >= 0.6 is 35.1 Å². The highest BCUT2D eigenvalue weighted by molar-refractivity contribution is 7.96. The van der Waals surface area contributed by atoms with Gasteiger partial charge in [0, 0.05) is 62.3 Å². The lowest BCUT2D eigenvalue weighted by atomic mass is 9.84. The van der Waals surface area contributed by atoms with E-state index < -0.39 is 5.41 Å². The number of carbonyl (C=O) groups excluding carboxylic acids is 2. The number of likely N-dealkylation sites (tertiary alicyclic amines) is 1. The highest BCUT2D eigenvalue weighted by atomic mass is 35.5. The number of carbonyl (C=O) groups is 2. The normalized spacial score (nSPS) is 18.3. The van der Waals surface area contributed by atoms with Crippen molar-refractivity contribution in [3.05, 3.63) is 69.2 Å². The molecular weight excluding hydrogens is 527 g/mol. The van der Waals surface area contributed by atoms with Crippen LogP contribution in [0.2, 0.25) is 10.0 Å². The third kappa shape index (κ3) is 7.56. The zero-order valence-corrected chi connectivity index (χ0v) is 24.7. The Morgan fingerprint density at radius 2 is 1.59 bits per heavy atom. The Labute approximate surface area is 235 Å². The van der Waals surface area contributed by atoms with Gasteiger partial charge >= 0.3 is 6.03 Å². The predicted octanol–water partition coefficient (Wildman–Crippen LogP) is 5.82. The van der Waals surface area contributed by atoms with Gasteiger partial charge in [-0.3, -0.25) is 4.79 Å². The minimum atomic E-state index is -0.636. The first-order valence-electron chi connectivity index (χ1n) is 12.6. The molecule has 2 heterocycles. The second-order valence-corrected chi connectivity index (χ2v) is 11.8. The van der Waals surface area contributed by atoms with Crippen molar-refractivity contribution in [2.45, 2.75) is 38.5 Å². The SMILES string of the molecule is CNC(=O)C(C)(C)c1cc(Cl)cc(Cl)c1.CSN1CCN(C(=O)N2CCC(c3ccccc3C)C2)CC1. The Morgan fingerprint density at radius 3 is 2.16 bits per heavy atom. The van der Waals surface area contributed by atoms with Crippen LogP contribution in [-0.4, -0.2) is 78.6 Å². The zero-order chi connectivity index (χ0) is 27.2. The Hall–Kier alpha value is -1.93. The highest BCUT2D eigenvalue weighted by Gasteiger charge is 2.32. The number of halogens is 2. The first-order valence-corrected chi connectivity index (χ1v) is 14.6. The van der Waals surface area contributed by atoms with Crippen LogP contribution in [0.5, 0.6) is 0 Å². The number of likely N-dealkylation sites (N-methyl/N-ethyl adjacent to an activating group) is 1. The van der Waals surface area contributed by atoms with Gasteiger partial charge in [-0.05, 0) is 68.3 Å². The number of aryl methyl sites for hydroxylation is 1. The van der Waals surface area contributed by atoms with Gasteiger partial charge in [-0.15, -0.1) is 0 Å². The molecule has 2 aliphatic heterocycles. The summed E-state index contributed by atoms with van der Waals surface area (Å²) in [5.74, 6) is 0.429. The first kappa shape index (κ1) is 29.6. The molecule has 0 aliphatic carbocycles. The highest BCUT2D eigenvalue weighted by Crippen LogP contribution is 2.31. The van der Waals surface area contributed by atoms with Gasteiger partial charge in [0.1, 0.15) is 0 Å². The van der Waals surface area contributed by atoms with Gasteiger partial charge in [-0.25, -0.2) is 9.10 Å². The molecule has 0 spiro atoms. The van der Waals surface area contributed by atoms with Gasteiger partial charge in [0.15, 0.2) is 0 Å². The Kier molecular flexibility index (Phi) is 10.6. The molecule has 0 aromatic heterocycles. The fourth-order valence-electron chi connectivity index (χ4n) is 4.85. The number of piperazine rings is 1. The van der Waals surface area contributed by atoms with Crippen molar-refractivity contribution in [3.8, 4) is 0 Å². The smallest absolute Gasteiger partial charge is 0.320 e. The summed E-state index contributed by atoms with van der Waals surface area (Å²) in [7, 11) is 1.61. The summed E-state index contributed by atoms with van der Waals surface area (Å²) in [6.07, 6.45) is 3.19. The third-order valence-corrected chi connectivity index (χ3v) is 8.55. The minimum Gasteiger partial charge on any atom is -0.358 e. The number of rotatable bonds is 4. The van der Waals surface area contributed by atoms with Crippen LogP contribution in [0.3, 0.4) is 0 Å². The summed E-state index contributed by atoms with van der Waals surface area (Å²) >= 11 is 13.5. The zero-order valence-electron chi connectivity index (χ0n) is 22.4. The Bertz CT molecular complexity index is 1070. The van der Waals surface area contributed by atoms with Crippen molar-refractivity contribution in [2.24, 2.45) is 0 Å². The molecule has 202 valence electrons.